The predicted molar refractivity (Wildman–Crippen MR) is 248 cm³/mol. The average Bonchev–Trinajstić information content (AvgIpc) is 3.24. The van der Waals surface area contributed by atoms with Crippen LogP contribution in [0.1, 0.15) is 39.8 Å². The van der Waals surface area contributed by atoms with Gasteiger partial charge in [-0.3, -0.25) is 0 Å². The first-order valence-corrected chi connectivity index (χ1v) is 26.4. The summed E-state index contributed by atoms with van der Waals surface area (Å²) in [6.07, 6.45) is 0.677. The van der Waals surface area contributed by atoms with Gasteiger partial charge in [-0.25, -0.2) is 0 Å². The summed E-state index contributed by atoms with van der Waals surface area (Å²) in [5, 5.41) is 28.4. The fourth-order valence-electron chi connectivity index (χ4n) is 8.24. The van der Waals surface area contributed by atoms with E-state index in [1.165, 1.54) is 0 Å². The van der Waals surface area contributed by atoms with Crippen molar-refractivity contribution < 1.29 is 40.5 Å². The van der Waals surface area contributed by atoms with Crippen molar-refractivity contribution in [3.8, 4) is 61.8 Å². The second-order valence-corrected chi connectivity index (χ2v) is 19.1. The first kappa shape index (κ1) is 43.2. The molecule has 0 saturated heterocycles. The Morgan fingerprint density at radius 2 is 0.967 bits per heavy atom. The molecule has 0 aromatic heterocycles. The van der Waals surface area contributed by atoms with Crippen molar-refractivity contribution in [3.05, 3.63) is 173 Å². The molecule has 8 aromatic rings. The van der Waals surface area contributed by atoms with E-state index in [4.69, 9.17) is 26.5 Å². The van der Waals surface area contributed by atoms with E-state index in [1.54, 1.807) is 0 Å². The number of benzene rings is 8. The van der Waals surface area contributed by atoms with Gasteiger partial charge in [0.15, 0.2) is 0 Å². The molecule has 0 atom stereocenters. The van der Waals surface area contributed by atoms with Crippen molar-refractivity contribution >= 4 is 38.6 Å². The fraction of sp³-hybridized carbons (Fsp3) is 0.170. The second-order valence-electron chi connectivity index (χ2n) is 15.4. The van der Waals surface area contributed by atoms with Crippen LogP contribution in [0.5, 0.6) is 17.2 Å². The molecule has 0 radical (unpaired) electrons. The van der Waals surface area contributed by atoms with Gasteiger partial charge in [0.2, 0.25) is 0 Å². The number of ether oxygens (including phenoxy) is 2. The van der Waals surface area contributed by atoms with Crippen LogP contribution >= 0.6 is 17.0 Å². The van der Waals surface area contributed by atoms with E-state index in [-0.39, 0.29) is 11.5 Å². The zero-order chi connectivity index (χ0) is 42.3. The molecule has 0 saturated carbocycles. The molecule has 0 unspecified atom stereocenters. The summed E-state index contributed by atoms with van der Waals surface area (Å²) in [6, 6.07) is 47.7. The minimum absolute atomic E-state index is 0.247. The summed E-state index contributed by atoms with van der Waals surface area (Å²) in [5.74, 6) is 1.24. The molecule has 8 aromatic carbocycles. The van der Waals surface area contributed by atoms with Crippen molar-refractivity contribution in [2.75, 3.05) is 13.2 Å². The van der Waals surface area contributed by atoms with Gasteiger partial charge in [0, 0.05) is 34.2 Å². The third-order valence-electron chi connectivity index (χ3n) is 11.0. The molecule has 0 spiro atoms. The predicted octanol–water partition coefficient (Wildman–Crippen LogP) is 15.0. The Labute approximate surface area is 372 Å². The Balaban J connectivity index is 0.00000176. The summed E-state index contributed by atoms with van der Waals surface area (Å²) in [7, 11) is 9.87. The summed E-state index contributed by atoms with van der Waals surface area (Å²) in [4.78, 5) is 0. The molecule has 0 aliphatic heterocycles. The SMILES string of the molecule is Cc1ccc(OCCCOCc2ccccc2-c2cc(C)cc(-c3c(C)ccc4ccccc34)c2O)c(-c2cc(C)cc(-c3c(C)ccc4ccccc34)c2O)c1.[Cl][Zr][Cl]. The molecule has 2 N–H and O–H groups in total. The van der Waals surface area contributed by atoms with Gasteiger partial charge in [0.05, 0.1) is 19.8 Å². The summed E-state index contributed by atoms with van der Waals surface area (Å²) >= 11 is -0.826. The van der Waals surface area contributed by atoms with Crippen LogP contribution in [0.4, 0.5) is 0 Å². The Bertz CT molecular complexity index is 2820. The van der Waals surface area contributed by atoms with Crippen molar-refractivity contribution in [2.24, 2.45) is 0 Å². The van der Waals surface area contributed by atoms with E-state index in [9.17, 15) is 10.2 Å². The number of phenolic OH excluding ortho intramolecular Hbond substituents is 2. The number of hydrogen-bond acceptors (Lipinski definition) is 4. The Morgan fingerprint density at radius 3 is 1.55 bits per heavy atom. The van der Waals surface area contributed by atoms with Gasteiger partial charge in [0.25, 0.3) is 0 Å². The fourth-order valence-corrected chi connectivity index (χ4v) is 8.24. The maximum absolute atomic E-state index is 11.9. The Morgan fingerprint density at radius 1 is 0.483 bits per heavy atom. The van der Waals surface area contributed by atoms with Crippen molar-refractivity contribution in [3.63, 3.8) is 0 Å². The number of halogens is 2. The average molecular weight is 911 g/mol. The van der Waals surface area contributed by atoms with Crippen molar-refractivity contribution in [1.82, 2.24) is 0 Å². The van der Waals surface area contributed by atoms with E-state index in [1.807, 2.05) is 48.5 Å². The molecule has 60 heavy (non-hydrogen) atoms. The van der Waals surface area contributed by atoms with Crippen LogP contribution in [0.3, 0.4) is 0 Å². The molecule has 7 heteroatoms. The molecule has 0 heterocycles. The van der Waals surface area contributed by atoms with Crippen molar-refractivity contribution in [2.45, 2.75) is 47.6 Å². The number of phenols is 2. The van der Waals surface area contributed by atoms with Crippen LogP contribution in [0, 0.1) is 34.6 Å². The summed E-state index contributed by atoms with van der Waals surface area (Å²) in [5.41, 5.74) is 13.6. The van der Waals surface area contributed by atoms with E-state index in [0.29, 0.717) is 26.2 Å². The molecule has 0 bridgehead atoms. The number of rotatable bonds is 11. The molecular weight excluding hydrogens is 863 g/mol. The molecule has 0 aliphatic rings. The topological polar surface area (TPSA) is 58.9 Å². The van der Waals surface area contributed by atoms with Gasteiger partial charge in [-0.1, -0.05) is 109 Å². The van der Waals surface area contributed by atoms with Gasteiger partial charge in [0.1, 0.15) is 17.2 Å². The molecular formula is C53H48Cl2O4Zr. The van der Waals surface area contributed by atoms with Crippen LogP contribution in [-0.4, -0.2) is 23.4 Å². The maximum atomic E-state index is 11.9. The molecule has 8 rings (SSSR count). The van der Waals surface area contributed by atoms with Gasteiger partial charge < -0.3 is 19.7 Å². The number of fused-ring (bicyclic) bond motifs is 2. The van der Waals surface area contributed by atoms with Gasteiger partial charge in [-0.15, -0.1) is 0 Å². The third-order valence-corrected chi connectivity index (χ3v) is 11.0. The number of hydrogen-bond donors (Lipinski definition) is 2. The number of aromatic hydroxyl groups is 2. The standard InChI is InChI=1S/C53H48O4.2ClH.Zr/c1-33-19-24-49(44(27-33)46-29-35(3)31-48(53(46)55)51-37(5)21-23-39-14-7-11-18-43(39)51)57-26-12-25-56-32-40-15-8-9-16-41(40)45-28-34(2)30-47(52(45)54)50-36(4)20-22-38-13-6-10-17-42(38)50;;;/h6-11,13-24,27-31,54-55H,12,25-26,32H2,1-5H3;2*1H;/q;;;+2/p-2. The van der Waals surface area contributed by atoms with E-state index >= 15 is 0 Å². The Hall–Kier alpha value is -4.90. The normalized spacial score (nSPS) is 11.1. The first-order valence-electron chi connectivity index (χ1n) is 20.1. The van der Waals surface area contributed by atoms with E-state index in [2.05, 4.69) is 126 Å². The van der Waals surface area contributed by atoms with Gasteiger partial charge in [-0.05, 0) is 137 Å². The minimum atomic E-state index is -0.826. The van der Waals surface area contributed by atoms with Crippen LogP contribution in [0.25, 0.3) is 66.1 Å². The zero-order valence-electron chi connectivity index (χ0n) is 34.6. The molecule has 0 aliphatic carbocycles. The van der Waals surface area contributed by atoms with Crippen LogP contribution in [-0.2, 0) is 32.2 Å². The first-order chi connectivity index (χ1) is 29.1. The Kier molecular flexibility index (Phi) is 14.2. The van der Waals surface area contributed by atoms with E-state index < -0.39 is 20.8 Å². The third kappa shape index (κ3) is 9.36. The molecule has 302 valence electrons. The molecule has 0 fully saturated rings. The van der Waals surface area contributed by atoms with Gasteiger partial charge >= 0.3 is 37.9 Å². The summed E-state index contributed by atoms with van der Waals surface area (Å²) < 4.78 is 12.7. The summed E-state index contributed by atoms with van der Waals surface area (Å²) in [6.45, 7) is 11.8. The monoisotopic (exact) mass is 908 g/mol. The van der Waals surface area contributed by atoms with Crippen LogP contribution < -0.4 is 4.74 Å². The van der Waals surface area contributed by atoms with Crippen LogP contribution in [0.15, 0.2) is 140 Å². The molecule has 0 amide bonds. The van der Waals surface area contributed by atoms with E-state index in [0.717, 1.165) is 105 Å². The number of aryl methyl sites for hydroxylation is 5. The zero-order valence-corrected chi connectivity index (χ0v) is 38.5. The molecule has 4 nitrogen and oxygen atoms in total. The van der Waals surface area contributed by atoms with Crippen molar-refractivity contribution in [1.29, 1.82) is 0 Å². The second kappa shape index (κ2) is 19.7. The van der Waals surface area contributed by atoms with Gasteiger partial charge in [-0.2, -0.15) is 0 Å². The van der Waals surface area contributed by atoms with Crippen LogP contribution in [0.2, 0.25) is 0 Å². The quantitative estimate of drug-likeness (QED) is 0.127.